The first-order chi connectivity index (χ1) is 6.86. The summed E-state index contributed by atoms with van der Waals surface area (Å²) in [5.74, 6) is 0. The fourth-order valence-corrected chi connectivity index (χ4v) is 1.51. The van der Waals surface area contributed by atoms with E-state index < -0.39 is 16.9 Å². The number of hydrogen-bond donors (Lipinski definition) is 1. The molecule has 2 nitrogen and oxygen atoms in total. The van der Waals surface area contributed by atoms with Crippen molar-refractivity contribution in [2.75, 3.05) is 0 Å². The molecular weight excluding hydrogens is 298 g/mol. The van der Waals surface area contributed by atoms with Gasteiger partial charge in [-0.1, -0.05) is 38.8 Å². The minimum Gasteiger partial charge on any atom is -0.410 e. The van der Waals surface area contributed by atoms with Gasteiger partial charge in [0.2, 0.25) is 0 Å². The first-order valence-corrected chi connectivity index (χ1v) is 4.78. The van der Waals surface area contributed by atoms with Gasteiger partial charge in [-0.25, -0.2) is 0 Å². The van der Waals surface area contributed by atoms with Gasteiger partial charge in [-0.05, 0) is 12.1 Å². The van der Waals surface area contributed by atoms with E-state index in [1.54, 1.807) is 0 Å². The second kappa shape index (κ2) is 4.40. The Morgan fingerprint density at radius 2 is 2.00 bits per heavy atom. The summed E-state index contributed by atoms with van der Waals surface area (Å²) >= 11 is 8.25. The highest BCUT2D eigenvalue weighted by Crippen LogP contribution is 2.34. The average molecular weight is 302 g/mol. The molecule has 1 rings (SSSR count). The first kappa shape index (κ1) is 12.3. The van der Waals surface area contributed by atoms with Crippen molar-refractivity contribution in [1.29, 1.82) is 0 Å². The number of hydrogen-bond acceptors (Lipinski definition) is 2. The van der Waals surface area contributed by atoms with E-state index in [4.69, 9.17) is 16.8 Å². The van der Waals surface area contributed by atoms with Crippen molar-refractivity contribution in [3.63, 3.8) is 0 Å². The van der Waals surface area contributed by atoms with Crippen LogP contribution in [0, 0.1) is 0 Å². The molecule has 7 heteroatoms. The summed E-state index contributed by atoms with van der Waals surface area (Å²) in [5.41, 5.74) is -1.32. The fraction of sp³-hybridized carbons (Fsp3) is 0.125. The predicted octanol–water partition coefficient (Wildman–Crippen LogP) is 3.84. The van der Waals surface area contributed by atoms with Gasteiger partial charge in [0.1, 0.15) is 0 Å². The van der Waals surface area contributed by atoms with Crippen LogP contribution in [0.3, 0.4) is 0 Å². The Labute approximate surface area is 96.5 Å². The minimum atomic E-state index is -4.55. The van der Waals surface area contributed by atoms with Crippen molar-refractivity contribution < 1.29 is 18.4 Å². The van der Waals surface area contributed by atoms with E-state index in [1.807, 2.05) is 0 Å². The summed E-state index contributed by atoms with van der Waals surface area (Å²) in [7, 11) is 0. The van der Waals surface area contributed by atoms with Crippen LogP contribution in [0.4, 0.5) is 13.2 Å². The van der Waals surface area contributed by atoms with Crippen molar-refractivity contribution in [1.82, 2.24) is 0 Å². The maximum absolute atomic E-state index is 12.5. The van der Waals surface area contributed by atoms with Crippen LogP contribution in [-0.2, 0) is 6.18 Å². The number of benzene rings is 1. The molecule has 1 aromatic carbocycles. The van der Waals surface area contributed by atoms with Crippen LogP contribution < -0.4 is 0 Å². The van der Waals surface area contributed by atoms with Crippen LogP contribution in [0.1, 0.15) is 11.1 Å². The largest absolute Gasteiger partial charge is 0.417 e. The molecule has 0 aliphatic carbocycles. The molecule has 0 radical (unpaired) electrons. The van der Waals surface area contributed by atoms with Gasteiger partial charge in [0.25, 0.3) is 0 Å². The molecule has 0 aliphatic heterocycles. The predicted molar refractivity (Wildman–Crippen MR) is 53.3 cm³/mol. The molecule has 0 fully saturated rings. The summed E-state index contributed by atoms with van der Waals surface area (Å²) in [6, 6.07) is 3.36. The summed E-state index contributed by atoms with van der Waals surface area (Å²) in [6.07, 6.45) is -4.55. The number of oxime groups is 1. The second-order valence-corrected chi connectivity index (χ2v) is 3.85. The molecule has 0 aliphatic rings. The lowest BCUT2D eigenvalue weighted by Crippen LogP contribution is -2.11. The Bertz CT molecular complexity index is 405. The Hall–Kier alpha value is -0.750. The third-order valence-electron chi connectivity index (χ3n) is 1.60. The average Bonchev–Trinajstić information content (AvgIpc) is 2.15. The summed E-state index contributed by atoms with van der Waals surface area (Å²) in [6.45, 7) is 0. The zero-order valence-corrected chi connectivity index (χ0v) is 9.36. The lowest BCUT2D eigenvalue weighted by Gasteiger charge is -2.11. The lowest BCUT2D eigenvalue weighted by molar-refractivity contribution is -0.137. The highest BCUT2D eigenvalue weighted by molar-refractivity contribution is 9.10. The maximum atomic E-state index is 12.5. The van der Waals surface area contributed by atoms with E-state index in [9.17, 15) is 13.2 Å². The molecule has 0 saturated carbocycles. The van der Waals surface area contributed by atoms with Gasteiger partial charge >= 0.3 is 6.18 Å². The zero-order valence-electron chi connectivity index (χ0n) is 7.02. The van der Waals surface area contributed by atoms with E-state index in [0.717, 1.165) is 12.1 Å². The number of alkyl halides is 3. The van der Waals surface area contributed by atoms with Crippen molar-refractivity contribution in [2.45, 2.75) is 6.18 Å². The quantitative estimate of drug-likeness (QED) is 0.477. The van der Waals surface area contributed by atoms with Gasteiger partial charge in [0.05, 0.1) is 5.56 Å². The highest BCUT2D eigenvalue weighted by atomic mass is 79.9. The molecule has 15 heavy (non-hydrogen) atoms. The van der Waals surface area contributed by atoms with Crippen molar-refractivity contribution in [3.8, 4) is 0 Å². The molecular formula is C8H4BrClF3NO. The van der Waals surface area contributed by atoms with Crippen LogP contribution in [-0.4, -0.2) is 10.4 Å². The monoisotopic (exact) mass is 301 g/mol. The van der Waals surface area contributed by atoms with E-state index in [-0.39, 0.29) is 10.0 Å². The molecule has 0 aromatic heterocycles. The van der Waals surface area contributed by atoms with Crippen LogP contribution >= 0.6 is 27.5 Å². The molecule has 0 amide bonds. The number of halogens is 5. The van der Waals surface area contributed by atoms with Gasteiger partial charge in [0, 0.05) is 10.0 Å². The molecule has 1 N–H and O–H groups in total. The standard InChI is InChI=1S/C8H4BrClF3NO/c9-4-1-2-5(7(10)14-15)6(3-4)8(11,12)13/h1-3,15H/b14-7-. The van der Waals surface area contributed by atoms with Gasteiger partial charge in [-0.2, -0.15) is 13.2 Å². The first-order valence-electron chi connectivity index (χ1n) is 3.61. The highest BCUT2D eigenvalue weighted by Gasteiger charge is 2.34. The Morgan fingerprint density at radius 1 is 1.40 bits per heavy atom. The topological polar surface area (TPSA) is 32.6 Å². The van der Waals surface area contributed by atoms with E-state index in [2.05, 4.69) is 21.1 Å². The smallest absolute Gasteiger partial charge is 0.410 e. The van der Waals surface area contributed by atoms with E-state index in [1.165, 1.54) is 6.07 Å². The van der Waals surface area contributed by atoms with Crippen molar-refractivity contribution >= 4 is 32.7 Å². The summed E-state index contributed by atoms with van der Waals surface area (Å²) < 4.78 is 37.8. The van der Waals surface area contributed by atoms with Crippen LogP contribution in [0.2, 0.25) is 0 Å². The van der Waals surface area contributed by atoms with Crippen molar-refractivity contribution in [3.05, 3.63) is 33.8 Å². The molecule has 1 aromatic rings. The normalized spacial score (nSPS) is 13.0. The summed E-state index contributed by atoms with van der Waals surface area (Å²) in [4.78, 5) is 0. The molecule has 0 heterocycles. The van der Waals surface area contributed by atoms with Gasteiger partial charge in [-0.15, -0.1) is 0 Å². The molecule has 0 spiro atoms. The molecule has 0 unspecified atom stereocenters. The fourth-order valence-electron chi connectivity index (χ4n) is 0.985. The van der Waals surface area contributed by atoms with Crippen LogP contribution in [0.5, 0.6) is 0 Å². The van der Waals surface area contributed by atoms with Gasteiger partial charge < -0.3 is 5.21 Å². The van der Waals surface area contributed by atoms with E-state index >= 15 is 0 Å². The Kier molecular flexibility index (Phi) is 3.62. The van der Waals surface area contributed by atoms with Crippen LogP contribution in [0.15, 0.2) is 27.8 Å². The SMILES string of the molecule is O/N=C(\Cl)c1ccc(Br)cc1C(F)(F)F. The minimum absolute atomic E-state index is 0.265. The van der Waals surface area contributed by atoms with Crippen molar-refractivity contribution in [2.24, 2.45) is 5.16 Å². The second-order valence-electron chi connectivity index (χ2n) is 2.58. The van der Waals surface area contributed by atoms with E-state index in [0.29, 0.717) is 0 Å². The zero-order chi connectivity index (χ0) is 11.6. The molecule has 82 valence electrons. The van der Waals surface area contributed by atoms with Gasteiger partial charge in [0.15, 0.2) is 5.17 Å². The third-order valence-corrected chi connectivity index (χ3v) is 2.37. The van der Waals surface area contributed by atoms with Crippen LogP contribution in [0.25, 0.3) is 0 Å². The third kappa shape index (κ3) is 2.85. The molecule has 0 bridgehead atoms. The van der Waals surface area contributed by atoms with Gasteiger partial charge in [-0.3, -0.25) is 0 Å². The summed E-state index contributed by atoms with van der Waals surface area (Å²) in [5, 5.41) is 10.3. The lowest BCUT2D eigenvalue weighted by atomic mass is 10.1. The Morgan fingerprint density at radius 3 is 2.47 bits per heavy atom. The number of rotatable bonds is 1. The maximum Gasteiger partial charge on any atom is 0.417 e. The molecule has 0 atom stereocenters. The number of nitrogens with zero attached hydrogens (tertiary/aromatic N) is 1. The molecule has 0 saturated heterocycles. The Balaban J connectivity index is 3.40.